The van der Waals surface area contributed by atoms with Crippen LogP contribution < -0.4 is 9.47 Å². The molecule has 1 aromatic rings. The molecular formula is C10H12O7S. The van der Waals surface area contributed by atoms with E-state index in [9.17, 15) is 13.2 Å². The van der Waals surface area contributed by atoms with E-state index in [-0.39, 0.29) is 13.2 Å². The van der Waals surface area contributed by atoms with Crippen LogP contribution in [0.4, 0.5) is 0 Å². The summed E-state index contributed by atoms with van der Waals surface area (Å²) in [4.78, 5) is 10.5. The van der Waals surface area contributed by atoms with Gasteiger partial charge in [-0.3, -0.25) is 9.35 Å². The van der Waals surface area contributed by atoms with E-state index in [1.165, 1.54) is 25.3 Å². The molecular weight excluding hydrogens is 264 g/mol. The first-order valence-corrected chi connectivity index (χ1v) is 6.20. The summed E-state index contributed by atoms with van der Waals surface area (Å²) in [5, 5.41) is 0. The van der Waals surface area contributed by atoms with Gasteiger partial charge in [0.15, 0.2) is 11.5 Å². The smallest absolute Gasteiger partial charge is 0.397 e. The molecule has 0 spiro atoms. The maximum absolute atomic E-state index is 10.5. The molecule has 1 N–H and O–H groups in total. The van der Waals surface area contributed by atoms with Crippen molar-refractivity contribution < 1.29 is 31.4 Å². The van der Waals surface area contributed by atoms with E-state index >= 15 is 0 Å². The van der Waals surface area contributed by atoms with Gasteiger partial charge < -0.3 is 9.47 Å². The molecule has 0 bridgehead atoms. The van der Waals surface area contributed by atoms with Gasteiger partial charge in [0.05, 0.1) is 7.11 Å². The molecule has 0 aromatic heterocycles. The number of hydrogen-bond acceptors (Lipinski definition) is 6. The van der Waals surface area contributed by atoms with Crippen LogP contribution in [0.5, 0.6) is 11.5 Å². The SMILES string of the molecule is COc1cc(C=O)ccc1OCCOS(=O)(=O)O. The summed E-state index contributed by atoms with van der Waals surface area (Å²) in [6.07, 6.45) is 0.660. The fourth-order valence-corrected chi connectivity index (χ4v) is 1.45. The van der Waals surface area contributed by atoms with Crippen molar-refractivity contribution in [3.8, 4) is 11.5 Å². The standard InChI is InChI=1S/C10H12O7S/c1-15-10-6-8(7-11)2-3-9(10)16-4-5-17-18(12,13)14/h2-3,6-7H,4-5H2,1H3,(H,12,13,14). The molecule has 0 aliphatic heterocycles. The van der Waals surface area contributed by atoms with Crippen molar-refractivity contribution in [1.82, 2.24) is 0 Å². The average Bonchev–Trinajstić information content (AvgIpc) is 2.33. The highest BCUT2D eigenvalue weighted by atomic mass is 32.3. The van der Waals surface area contributed by atoms with E-state index in [0.29, 0.717) is 23.3 Å². The van der Waals surface area contributed by atoms with E-state index < -0.39 is 10.4 Å². The highest BCUT2D eigenvalue weighted by Crippen LogP contribution is 2.27. The summed E-state index contributed by atoms with van der Waals surface area (Å²) < 4.78 is 43.1. The Morgan fingerprint density at radius 1 is 1.28 bits per heavy atom. The van der Waals surface area contributed by atoms with Crippen molar-refractivity contribution in [1.29, 1.82) is 0 Å². The Labute approximate surface area is 104 Å². The van der Waals surface area contributed by atoms with E-state index in [0.717, 1.165) is 0 Å². The Hall–Kier alpha value is -1.64. The summed E-state index contributed by atoms with van der Waals surface area (Å²) >= 11 is 0. The maximum Gasteiger partial charge on any atom is 0.397 e. The number of benzene rings is 1. The van der Waals surface area contributed by atoms with Crippen molar-refractivity contribution in [2.24, 2.45) is 0 Å². The van der Waals surface area contributed by atoms with E-state index in [1.807, 2.05) is 0 Å². The summed E-state index contributed by atoms with van der Waals surface area (Å²) in [7, 11) is -3.05. The molecule has 0 saturated heterocycles. The molecule has 8 heteroatoms. The number of carbonyl (C=O) groups excluding carboxylic acids is 1. The first-order chi connectivity index (χ1) is 8.46. The van der Waals surface area contributed by atoms with Gasteiger partial charge in [-0.05, 0) is 18.2 Å². The Morgan fingerprint density at radius 2 is 2.00 bits per heavy atom. The Balaban J connectivity index is 2.59. The Morgan fingerprint density at radius 3 is 2.56 bits per heavy atom. The van der Waals surface area contributed by atoms with E-state index in [1.54, 1.807) is 0 Å². The predicted octanol–water partition coefficient (Wildman–Crippen LogP) is 0.706. The molecule has 0 aliphatic rings. The lowest BCUT2D eigenvalue weighted by Gasteiger charge is -2.10. The largest absolute Gasteiger partial charge is 0.493 e. The van der Waals surface area contributed by atoms with Gasteiger partial charge in [-0.1, -0.05) is 0 Å². The molecule has 1 rings (SSSR count). The maximum atomic E-state index is 10.5. The van der Waals surface area contributed by atoms with Crippen LogP contribution in [0, 0.1) is 0 Å². The fraction of sp³-hybridized carbons (Fsp3) is 0.300. The normalized spacial score (nSPS) is 11.0. The monoisotopic (exact) mass is 276 g/mol. The fourth-order valence-electron chi connectivity index (χ4n) is 1.17. The second-order valence-corrected chi connectivity index (χ2v) is 4.22. The van der Waals surface area contributed by atoms with Crippen molar-refractivity contribution >= 4 is 16.7 Å². The molecule has 18 heavy (non-hydrogen) atoms. The molecule has 7 nitrogen and oxygen atoms in total. The number of rotatable bonds is 7. The molecule has 1 aromatic carbocycles. The quantitative estimate of drug-likeness (QED) is 0.444. The minimum Gasteiger partial charge on any atom is -0.493 e. The highest BCUT2D eigenvalue weighted by Gasteiger charge is 2.07. The number of methoxy groups -OCH3 is 1. The number of ether oxygens (including phenoxy) is 2. The van der Waals surface area contributed by atoms with Crippen molar-refractivity contribution in [2.75, 3.05) is 20.3 Å². The van der Waals surface area contributed by atoms with Gasteiger partial charge in [-0.25, -0.2) is 4.18 Å². The molecule has 0 saturated carbocycles. The number of aldehydes is 1. The number of carbonyl (C=O) groups is 1. The molecule has 100 valence electrons. The van der Waals surface area contributed by atoms with Crippen LogP contribution in [0.1, 0.15) is 10.4 Å². The lowest BCUT2D eigenvalue weighted by atomic mass is 10.2. The lowest BCUT2D eigenvalue weighted by Crippen LogP contribution is -2.12. The summed E-state index contributed by atoms with van der Waals surface area (Å²) in [6, 6.07) is 4.51. The zero-order chi connectivity index (χ0) is 13.6. The second-order valence-electron chi connectivity index (χ2n) is 3.13. The van der Waals surface area contributed by atoms with Crippen LogP contribution in [-0.4, -0.2) is 39.6 Å². The van der Waals surface area contributed by atoms with E-state index in [4.69, 9.17) is 14.0 Å². The zero-order valence-corrected chi connectivity index (χ0v) is 10.3. The number of hydrogen-bond donors (Lipinski definition) is 1. The average molecular weight is 276 g/mol. The van der Waals surface area contributed by atoms with E-state index in [2.05, 4.69) is 4.18 Å². The molecule has 0 unspecified atom stereocenters. The third-order valence-electron chi connectivity index (χ3n) is 1.90. The van der Waals surface area contributed by atoms with Gasteiger partial charge in [0.25, 0.3) is 0 Å². The predicted molar refractivity (Wildman–Crippen MR) is 61.4 cm³/mol. The molecule has 0 atom stereocenters. The summed E-state index contributed by atoms with van der Waals surface area (Å²) in [6.45, 7) is -0.437. The highest BCUT2D eigenvalue weighted by molar-refractivity contribution is 7.80. The van der Waals surface area contributed by atoms with Gasteiger partial charge >= 0.3 is 10.4 Å². The first kappa shape index (κ1) is 14.4. The van der Waals surface area contributed by atoms with Crippen LogP contribution in [0.15, 0.2) is 18.2 Å². The van der Waals surface area contributed by atoms with Gasteiger partial charge in [-0.15, -0.1) is 0 Å². The van der Waals surface area contributed by atoms with Crippen molar-refractivity contribution in [3.63, 3.8) is 0 Å². The third-order valence-corrected chi connectivity index (χ3v) is 2.36. The van der Waals surface area contributed by atoms with Crippen LogP contribution in [-0.2, 0) is 14.6 Å². The Bertz CT molecular complexity index is 509. The van der Waals surface area contributed by atoms with Gasteiger partial charge in [0, 0.05) is 5.56 Å². The zero-order valence-electron chi connectivity index (χ0n) is 9.53. The Kier molecular flexibility index (Phi) is 5.08. The van der Waals surface area contributed by atoms with Gasteiger partial charge in [0.2, 0.25) is 0 Å². The second kappa shape index (κ2) is 6.34. The topological polar surface area (TPSA) is 99.1 Å². The molecule has 0 amide bonds. The van der Waals surface area contributed by atoms with Crippen LogP contribution in [0.3, 0.4) is 0 Å². The molecule has 0 fully saturated rings. The van der Waals surface area contributed by atoms with Crippen molar-refractivity contribution in [3.05, 3.63) is 23.8 Å². The van der Waals surface area contributed by atoms with Crippen LogP contribution in [0.25, 0.3) is 0 Å². The molecule has 0 heterocycles. The summed E-state index contributed by atoms with van der Waals surface area (Å²) in [5.74, 6) is 0.675. The molecule has 0 aliphatic carbocycles. The van der Waals surface area contributed by atoms with Gasteiger partial charge in [0.1, 0.15) is 19.5 Å². The van der Waals surface area contributed by atoms with Crippen LogP contribution >= 0.6 is 0 Å². The van der Waals surface area contributed by atoms with Gasteiger partial charge in [-0.2, -0.15) is 8.42 Å². The molecule has 0 radical (unpaired) electrons. The first-order valence-electron chi connectivity index (χ1n) is 4.84. The minimum atomic E-state index is -4.46. The lowest BCUT2D eigenvalue weighted by molar-refractivity contribution is 0.112. The minimum absolute atomic E-state index is 0.101. The van der Waals surface area contributed by atoms with Crippen molar-refractivity contribution in [2.45, 2.75) is 0 Å². The third kappa shape index (κ3) is 4.70. The van der Waals surface area contributed by atoms with Crippen LogP contribution in [0.2, 0.25) is 0 Å². The summed E-state index contributed by atoms with van der Waals surface area (Å²) in [5.41, 5.74) is 0.424.